The molecule has 9 heavy (non-hydrogen) atoms. The normalized spacial score (nSPS) is 8.56. The molecule has 0 spiro atoms. The van der Waals surface area contributed by atoms with E-state index in [9.17, 15) is 0 Å². The van der Waals surface area contributed by atoms with Crippen LogP contribution in [0.15, 0.2) is 10.9 Å². The molecule has 1 aromatic rings. The molecule has 0 amide bonds. The molecule has 3 nitrogen and oxygen atoms in total. The van der Waals surface area contributed by atoms with Crippen molar-refractivity contribution < 1.29 is 4.84 Å². The summed E-state index contributed by atoms with van der Waals surface area (Å²) in [5.41, 5.74) is 2.63. The van der Waals surface area contributed by atoms with Gasteiger partial charge in [0.25, 0.3) is 0 Å². The highest BCUT2D eigenvalue weighted by atomic mass is 35.5. The first kappa shape index (κ1) is 8.84. The van der Waals surface area contributed by atoms with Crippen LogP contribution in [0.3, 0.4) is 0 Å². The van der Waals surface area contributed by atoms with Crippen LogP contribution >= 0.6 is 23.7 Å². The molecule has 1 heterocycles. The minimum absolute atomic E-state index is 0. The van der Waals surface area contributed by atoms with Crippen LogP contribution in [0.25, 0.3) is 0 Å². The Labute approximate surface area is 63.2 Å². The van der Waals surface area contributed by atoms with Crippen LogP contribution in [0.2, 0.25) is 0 Å². The Kier molecular flexibility index (Phi) is 4.61. The van der Waals surface area contributed by atoms with E-state index in [1.807, 2.05) is 5.38 Å². The van der Waals surface area contributed by atoms with Gasteiger partial charge in [-0.1, -0.05) is 0 Å². The van der Waals surface area contributed by atoms with E-state index >= 15 is 0 Å². The summed E-state index contributed by atoms with van der Waals surface area (Å²) in [4.78, 5) is 8.25. The predicted octanol–water partition coefficient (Wildman–Crippen LogP) is 0.955. The molecule has 0 aliphatic rings. The molecule has 0 saturated carbocycles. The lowest BCUT2D eigenvalue weighted by atomic mass is 10.5. The number of hydrogen-bond acceptors (Lipinski definition) is 4. The molecule has 52 valence electrons. The molecule has 0 saturated heterocycles. The molecule has 0 radical (unpaired) electrons. The quantitative estimate of drug-likeness (QED) is 0.666. The van der Waals surface area contributed by atoms with Gasteiger partial charge in [-0.2, -0.15) is 0 Å². The molecule has 0 fully saturated rings. The molecule has 1 rings (SSSR count). The number of hydrogen-bond donors (Lipinski definition) is 1. The molecular weight excluding hydrogens is 160 g/mol. The van der Waals surface area contributed by atoms with Crippen LogP contribution in [0.4, 0.5) is 0 Å². The number of nitrogens with zero attached hydrogens (tertiary/aromatic N) is 1. The molecule has 5 heteroatoms. The van der Waals surface area contributed by atoms with Crippen LogP contribution in [-0.2, 0) is 11.4 Å². The van der Waals surface area contributed by atoms with E-state index < -0.39 is 0 Å². The summed E-state index contributed by atoms with van der Waals surface area (Å²) in [5, 5.41) is 1.90. The fourth-order valence-electron chi connectivity index (χ4n) is 0.394. The van der Waals surface area contributed by atoms with E-state index in [0.29, 0.717) is 6.61 Å². The molecule has 0 atom stereocenters. The second-order valence-corrected chi connectivity index (χ2v) is 2.01. The topological polar surface area (TPSA) is 48.1 Å². The first-order chi connectivity index (χ1) is 3.93. The van der Waals surface area contributed by atoms with Crippen molar-refractivity contribution in [3.63, 3.8) is 0 Å². The molecule has 1 aromatic heterocycles. The Morgan fingerprint density at radius 2 is 2.56 bits per heavy atom. The molecule has 0 bridgehead atoms. The maximum absolute atomic E-state index is 4.78. The van der Waals surface area contributed by atoms with Crippen molar-refractivity contribution >= 4 is 23.7 Å². The smallest absolute Gasteiger partial charge is 0.111 e. The summed E-state index contributed by atoms with van der Waals surface area (Å²) in [6.45, 7) is 0.406. The van der Waals surface area contributed by atoms with Crippen LogP contribution < -0.4 is 5.90 Å². The van der Waals surface area contributed by atoms with Gasteiger partial charge < -0.3 is 0 Å². The van der Waals surface area contributed by atoms with Crippen LogP contribution in [0.1, 0.15) is 5.69 Å². The third kappa shape index (κ3) is 2.76. The van der Waals surface area contributed by atoms with Gasteiger partial charge in [0, 0.05) is 5.38 Å². The third-order valence-corrected chi connectivity index (χ3v) is 1.35. The van der Waals surface area contributed by atoms with Crippen LogP contribution in [-0.4, -0.2) is 4.98 Å². The zero-order chi connectivity index (χ0) is 5.82. The first-order valence-corrected chi connectivity index (χ1v) is 3.06. The molecular formula is C4H7ClN2OS. The van der Waals surface area contributed by atoms with E-state index in [0.717, 1.165) is 5.69 Å². The number of thiazole rings is 1. The predicted molar refractivity (Wildman–Crippen MR) is 38.3 cm³/mol. The highest BCUT2D eigenvalue weighted by Gasteiger charge is 1.89. The minimum atomic E-state index is 0. The van der Waals surface area contributed by atoms with Crippen molar-refractivity contribution in [2.24, 2.45) is 5.90 Å². The number of aromatic nitrogens is 1. The van der Waals surface area contributed by atoms with Gasteiger partial charge in [0.1, 0.15) is 6.61 Å². The largest absolute Gasteiger partial charge is 0.298 e. The Morgan fingerprint density at radius 1 is 1.78 bits per heavy atom. The summed E-state index contributed by atoms with van der Waals surface area (Å²) in [7, 11) is 0. The zero-order valence-electron chi connectivity index (χ0n) is 4.61. The SMILES string of the molecule is Cl.NOCc1cscn1. The summed E-state index contributed by atoms with van der Waals surface area (Å²) < 4.78 is 0. The number of halogens is 1. The van der Waals surface area contributed by atoms with Crippen molar-refractivity contribution in [1.29, 1.82) is 0 Å². The third-order valence-electron chi connectivity index (χ3n) is 0.715. The molecule has 0 unspecified atom stereocenters. The second kappa shape index (κ2) is 4.69. The van der Waals surface area contributed by atoms with Gasteiger partial charge in [-0.15, -0.1) is 23.7 Å². The van der Waals surface area contributed by atoms with E-state index in [4.69, 9.17) is 5.90 Å². The van der Waals surface area contributed by atoms with Crippen LogP contribution in [0.5, 0.6) is 0 Å². The van der Waals surface area contributed by atoms with E-state index in [2.05, 4.69) is 9.82 Å². The summed E-state index contributed by atoms with van der Waals surface area (Å²) in [6.07, 6.45) is 0. The average Bonchev–Trinajstić information content (AvgIpc) is 2.19. The van der Waals surface area contributed by atoms with E-state index in [-0.39, 0.29) is 12.4 Å². The summed E-state index contributed by atoms with van der Waals surface area (Å²) in [6, 6.07) is 0. The lowest BCUT2D eigenvalue weighted by Crippen LogP contribution is -1.98. The van der Waals surface area contributed by atoms with Gasteiger partial charge in [0.2, 0.25) is 0 Å². The monoisotopic (exact) mass is 166 g/mol. The molecule has 0 aromatic carbocycles. The molecule has 0 aliphatic carbocycles. The Hall–Kier alpha value is -0.160. The van der Waals surface area contributed by atoms with Crippen molar-refractivity contribution in [3.05, 3.63) is 16.6 Å². The fourth-order valence-corrected chi connectivity index (χ4v) is 0.937. The highest BCUT2D eigenvalue weighted by Crippen LogP contribution is 1.99. The van der Waals surface area contributed by atoms with E-state index in [1.54, 1.807) is 5.51 Å². The van der Waals surface area contributed by atoms with Crippen molar-refractivity contribution in [2.45, 2.75) is 6.61 Å². The number of nitrogens with two attached hydrogens (primary N) is 1. The molecule has 0 aliphatic heterocycles. The van der Waals surface area contributed by atoms with Gasteiger partial charge in [0.15, 0.2) is 0 Å². The zero-order valence-corrected chi connectivity index (χ0v) is 6.24. The Bertz CT molecular complexity index is 144. The van der Waals surface area contributed by atoms with E-state index in [1.165, 1.54) is 11.3 Å². The lowest BCUT2D eigenvalue weighted by Gasteiger charge is -1.87. The van der Waals surface area contributed by atoms with Gasteiger partial charge in [0.05, 0.1) is 11.2 Å². The van der Waals surface area contributed by atoms with Gasteiger partial charge in [-0.05, 0) is 0 Å². The lowest BCUT2D eigenvalue weighted by molar-refractivity contribution is 0.122. The minimum Gasteiger partial charge on any atom is -0.298 e. The summed E-state index contributed by atoms with van der Waals surface area (Å²) in [5.74, 6) is 4.78. The highest BCUT2D eigenvalue weighted by molar-refractivity contribution is 7.07. The van der Waals surface area contributed by atoms with Crippen LogP contribution in [0, 0.1) is 0 Å². The maximum Gasteiger partial charge on any atom is 0.111 e. The van der Waals surface area contributed by atoms with Gasteiger partial charge >= 0.3 is 0 Å². The fraction of sp³-hybridized carbons (Fsp3) is 0.250. The van der Waals surface area contributed by atoms with Crippen molar-refractivity contribution in [2.75, 3.05) is 0 Å². The molecule has 2 N–H and O–H groups in total. The second-order valence-electron chi connectivity index (χ2n) is 1.29. The summed E-state index contributed by atoms with van der Waals surface area (Å²) >= 11 is 1.53. The average molecular weight is 167 g/mol. The Morgan fingerprint density at radius 3 is 3.00 bits per heavy atom. The van der Waals surface area contributed by atoms with Gasteiger partial charge in [-0.3, -0.25) is 4.84 Å². The van der Waals surface area contributed by atoms with Gasteiger partial charge in [-0.25, -0.2) is 10.9 Å². The Balaban J connectivity index is 0.000000640. The van der Waals surface area contributed by atoms with Crippen molar-refractivity contribution in [3.8, 4) is 0 Å². The first-order valence-electron chi connectivity index (χ1n) is 2.12. The maximum atomic E-state index is 4.78. The van der Waals surface area contributed by atoms with Crippen molar-refractivity contribution in [1.82, 2.24) is 4.98 Å². The number of rotatable bonds is 2. The standard InChI is InChI=1S/C4H6N2OS.ClH/c5-7-1-4-2-8-3-6-4;/h2-3H,1,5H2;1H.